The van der Waals surface area contributed by atoms with Crippen molar-refractivity contribution in [2.24, 2.45) is 0 Å². The molecular formula is C15H18N2O2. The maximum atomic E-state index is 11.5. The Morgan fingerprint density at radius 3 is 2.63 bits per heavy atom. The molecule has 0 radical (unpaired) electrons. The first-order valence-electron chi connectivity index (χ1n) is 6.54. The van der Waals surface area contributed by atoms with Crippen molar-refractivity contribution in [1.29, 1.82) is 0 Å². The van der Waals surface area contributed by atoms with E-state index in [1.54, 1.807) is 6.08 Å². The molecule has 1 aromatic rings. The molecule has 4 heteroatoms. The second-order valence-corrected chi connectivity index (χ2v) is 4.63. The summed E-state index contributed by atoms with van der Waals surface area (Å²) in [6, 6.07) is 9.98. The van der Waals surface area contributed by atoms with Gasteiger partial charge in [0.25, 0.3) is 0 Å². The summed E-state index contributed by atoms with van der Waals surface area (Å²) < 4.78 is 0. The van der Waals surface area contributed by atoms with Crippen LogP contribution in [0.3, 0.4) is 0 Å². The van der Waals surface area contributed by atoms with Gasteiger partial charge in [0.05, 0.1) is 0 Å². The zero-order chi connectivity index (χ0) is 13.5. The van der Waals surface area contributed by atoms with E-state index in [1.807, 2.05) is 30.3 Å². The van der Waals surface area contributed by atoms with Crippen molar-refractivity contribution in [3.05, 3.63) is 42.0 Å². The van der Waals surface area contributed by atoms with Gasteiger partial charge in [0.1, 0.15) is 0 Å². The molecule has 1 fully saturated rings. The summed E-state index contributed by atoms with van der Waals surface area (Å²) in [5.74, 6) is -0.169. The lowest BCUT2D eigenvalue weighted by molar-refractivity contribution is -0.121. The lowest BCUT2D eigenvalue weighted by Gasteiger charge is -2.03. The molecule has 2 N–H and O–H groups in total. The highest BCUT2D eigenvalue weighted by Crippen LogP contribution is 2.18. The molecule has 0 aliphatic heterocycles. The molecule has 19 heavy (non-hydrogen) atoms. The van der Waals surface area contributed by atoms with Crippen LogP contribution in [0.15, 0.2) is 36.4 Å². The smallest absolute Gasteiger partial charge is 0.244 e. The Kier molecular flexibility index (Phi) is 4.72. The molecule has 0 unspecified atom stereocenters. The molecule has 0 aromatic heterocycles. The minimum Gasteiger partial charge on any atom is -0.353 e. The predicted octanol–water partition coefficient (Wildman–Crippen LogP) is 1.48. The van der Waals surface area contributed by atoms with E-state index in [-0.39, 0.29) is 11.8 Å². The van der Waals surface area contributed by atoms with Crippen molar-refractivity contribution in [2.45, 2.75) is 25.3 Å². The van der Waals surface area contributed by atoms with Crippen LogP contribution in [0, 0.1) is 0 Å². The Bertz CT molecular complexity index is 464. The Balaban J connectivity index is 1.64. The number of carbonyl (C=O) groups excluding carboxylic acids is 2. The summed E-state index contributed by atoms with van der Waals surface area (Å²) in [5, 5.41) is 5.57. The first-order chi connectivity index (χ1) is 9.24. The van der Waals surface area contributed by atoms with E-state index < -0.39 is 0 Å². The van der Waals surface area contributed by atoms with E-state index in [1.165, 1.54) is 6.08 Å². The summed E-state index contributed by atoms with van der Waals surface area (Å²) in [6.45, 7) is 0.372. The van der Waals surface area contributed by atoms with Gasteiger partial charge in [-0.15, -0.1) is 0 Å². The number of rotatable bonds is 6. The van der Waals surface area contributed by atoms with Crippen molar-refractivity contribution in [1.82, 2.24) is 10.6 Å². The Morgan fingerprint density at radius 1 is 1.21 bits per heavy atom. The molecule has 0 bridgehead atoms. The van der Waals surface area contributed by atoms with Crippen LogP contribution in [0.2, 0.25) is 0 Å². The summed E-state index contributed by atoms with van der Waals surface area (Å²) in [7, 11) is 0. The highest BCUT2D eigenvalue weighted by molar-refractivity contribution is 5.92. The van der Waals surface area contributed by atoms with E-state index in [0.29, 0.717) is 19.0 Å². The largest absolute Gasteiger partial charge is 0.353 e. The average Bonchev–Trinajstić information content (AvgIpc) is 3.21. The molecule has 0 spiro atoms. The minimum atomic E-state index is -0.178. The molecule has 4 nitrogen and oxygen atoms in total. The zero-order valence-electron chi connectivity index (χ0n) is 10.8. The first kappa shape index (κ1) is 13.3. The fraction of sp³-hybridized carbons (Fsp3) is 0.333. The Labute approximate surface area is 112 Å². The third kappa shape index (κ3) is 5.38. The highest BCUT2D eigenvalue weighted by atomic mass is 16.2. The number of nitrogens with one attached hydrogen (secondary N) is 2. The minimum absolute atomic E-state index is 0.00911. The van der Waals surface area contributed by atoms with Crippen LogP contribution in [-0.2, 0) is 9.59 Å². The molecule has 100 valence electrons. The molecule has 1 aromatic carbocycles. The third-order valence-electron chi connectivity index (χ3n) is 2.82. The highest BCUT2D eigenvalue weighted by Gasteiger charge is 2.22. The van der Waals surface area contributed by atoms with Crippen molar-refractivity contribution in [3.63, 3.8) is 0 Å². The van der Waals surface area contributed by atoms with Crippen LogP contribution < -0.4 is 10.6 Å². The molecule has 0 saturated heterocycles. The number of carbonyl (C=O) groups is 2. The molecule has 0 atom stereocenters. The number of benzene rings is 1. The van der Waals surface area contributed by atoms with Crippen LogP contribution >= 0.6 is 0 Å². The van der Waals surface area contributed by atoms with Crippen LogP contribution in [-0.4, -0.2) is 24.4 Å². The lowest BCUT2D eigenvalue weighted by Crippen LogP contribution is -2.30. The fourth-order valence-electron chi connectivity index (χ4n) is 1.62. The third-order valence-corrected chi connectivity index (χ3v) is 2.82. The Morgan fingerprint density at radius 2 is 1.95 bits per heavy atom. The lowest BCUT2D eigenvalue weighted by atomic mass is 10.2. The van der Waals surface area contributed by atoms with E-state index in [2.05, 4.69) is 10.6 Å². The quantitative estimate of drug-likeness (QED) is 0.759. The maximum Gasteiger partial charge on any atom is 0.244 e. The van der Waals surface area contributed by atoms with Gasteiger partial charge in [0, 0.05) is 25.1 Å². The van der Waals surface area contributed by atoms with Crippen LogP contribution in [0.25, 0.3) is 6.08 Å². The van der Waals surface area contributed by atoms with Gasteiger partial charge in [-0.2, -0.15) is 0 Å². The normalized spacial score (nSPS) is 14.3. The van der Waals surface area contributed by atoms with Gasteiger partial charge in [-0.05, 0) is 24.5 Å². The summed E-state index contributed by atoms with van der Waals surface area (Å²) in [4.78, 5) is 22.9. The van der Waals surface area contributed by atoms with Gasteiger partial charge in [-0.25, -0.2) is 0 Å². The summed E-state index contributed by atoms with van der Waals surface area (Å²) in [5.41, 5.74) is 0.976. The van der Waals surface area contributed by atoms with Gasteiger partial charge in [-0.3, -0.25) is 9.59 Å². The Hall–Kier alpha value is -2.10. The number of amides is 2. The van der Waals surface area contributed by atoms with Crippen molar-refractivity contribution in [3.8, 4) is 0 Å². The zero-order valence-corrected chi connectivity index (χ0v) is 10.8. The average molecular weight is 258 g/mol. The second-order valence-electron chi connectivity index (χ2n) is 4.63. The predicted molar refractivity (Wildman–Crippen MR) is 74.3 cm³/mol. The second kappa shape index (κ2) is 6.73. The SMILES string of the molecule is O=C(C=Cc1ccccc1)NCCC(=O)NC1CC1. The first-order valence-corrected chi connectivity index (χ1v) is 6.54. The van der Waals surface area contributed by atoms with Crippen molar-refractivity contribution in [2.75, 3.05) is 6.54 Å². The van der Waals surface area contributed by atoms with Gasteiger partial charge in [0.2, 0.25) is 11.8 Å². The van der Waals surface area contributed by atoms with Crippen molar-refractivity contribution >= 4 is 17.9 Å². The van der Waals surface area contributed by atoms with Crippen LogP contribution in [0.1, 0.15) is 24.8 Å². The van der Waals surface area contributed by atoms with E-state index in [4.69, 9.17) is 0 Å². The molecule has 2 rings (SSSR count). The van der Waals surface area contributed by atoms with E-state index in [9.17, 15) is 9.59 Å². The summed E-state index contributed by atoms with van der Waals surface area (Å²) in [6.07, 6.45) is 5.73. The molecule has 1 aliphatic carbocycles. The standard InChI is InChI=1S/C15H18N2O2/c18-14(9-6-12-4-2-1-3-5-12)16-11-10-15(19)17-13-7-8-13/h1-6,9,13H,7-8,10-11H2,(H,16,18)(H,17,19). The van der Waals surface area contributed by atoms with Crippen LogP contribution in [0.4, 0.5) is 0 Å². The van der Waals surface area contributed by atoms with E-state index in [0.717, 1.165) is 18.4 Å². The van der Waals surface area contributed by atoms with Crippen molar-refractivity contribution < 1.29 is 9.59 Å². The topological polar surface area (TPSA) is 58.2 Å². The molecule has 0 heterocycles. The summed E-state index contributed by atoms with van der Waals surface area (Å²) >= 11 is 0. The van der Waals surface area contributed by atoms with Gasteiger partial charge in [0.15, 0.2) is 0 Å². The number of hydrogen-bond donors (Lipinski definition) is 2. The van der Waals surface area contributed by atoms with Gasteiger partial charge in [-0.1, -0.05) is 30.3 Å². The molecule has 1 saturated carbocycles. The van der Waals surface area contributed by atoms with E-state index >= 15 is 0 Å². The molecule has 1 aliphatic rings. The van der Waals surface area contributed by atoms with Gasteiger partial charge < -0.3 is 10.6 Å². The monoisotopic (exact) mass is 258 g/mol. The number of hydrogen-bond acceptors (Lipinski definition) is 2. The van der Waals surface area contributed by atoms with Crippen LogP contribution in [0.5, 0.6) is 0 Å². The molecule has 2 amide bonds. The maximum absolute atomic E-state index is 11.5. The fourth-order valence-corrected chi connectivity index (χ4v) is 1.62. The molecular weight excluding hydrogens is 240 g/mol. The van der Waals surface area contributed by atoms with Gasteiger partial charge >= 0.3 is 0 Å².